The van der Waals surface area contributed by atoms with Crippen LogP contribution in [0, 0.1) is 0 Å². The van der Waals surface area contributed by atoms with Gasteiger partial charge in [0, 0.05) is 17.2 Å². The third-order valence-electron chi connectivity index (χ3n) is 5.16. The molecule has 4 aromatic rings. The summed E-state index contributed by atoms with van der Waals surface area (Å²) in [6.45, 7) is 0. The Morgan fingerprint density at radius 2 is 1.78 bits per heavy atom. The lowest BCUT2D eigenvalue weighted by atomic mass is 10.0. The van der Waals surface area contributed by atoms with Gasteiger partial charge in [0.25, 0.3) is 0 Å². The van der Waals surface area contributed by atoms with Gasteiger partial charge >= 0.3 is 12.1 Å². The van der Waals surface area contributed by atoms with E-state index in [2.05, 4.69) is 20.1 Å². The van der Waals surface area contributed by atoms with E-state index in [1.807, 2.05) is 0 Å². The molecule has 2 atom stereocenters. The van der Waals surface area contributed by atoms with E-state index in [1.165, 1.54) is 47.7 Å². The van der Waals surface area contributed by atoms with Gasteiger partial charge in [0.05, 0.1) is 11.4 Å². The van der Waals surface area contributed by atoms with Crippen LogP contribution in [-0.2, 0) is 11.2 Å². The first-order valence-corrected chi connectivity index (χ1v) is 10.5. The largest absolute Gasteiger partial charge is 0.480 e. The Labute approximate surface area is 202 Å². The molecule has 0 aliphatic carbocycles. The van der Waals surface area contributed by atoms with E-state index >= 15 is 0 Å². The molecule has 4 rings (SSSR count). The molecule has 0 aliphatic heterocycles. The Morgan fingerprint density at radius 3 is 2.36 bits per heavy atom. The average Bonchev–Trinajstić information content (AvgIpc) is 3.37. The van der Waals surface area contributed by atoms with Crippen LogP contribution >= 0.6 is 0 Å². The lowest BCUT2D eigenvalue weighted by molar-refractivity contribution is -0.198. The van der Waals surface area contributed by atoms with Crippen molar-refractivity contribution in [2.45, 2.75) is 24.7 Å². The second-order valence-corrected chi connectivity index (χ2v) is 7.77. The van der Waals surface area contributed by atoms with Crippen LogP contribution in [0.5, 0.6) is 5.88 Å². The van der Waals surface area contributed by atoms with Crippen LogP contribution in [0.25, 0.3) is 16.9 Å². The highest BCUT2D eigenvalue weighted by Gasteiger charge is 2.43. The van der Waals surface area contributed by atoms with E-state index in [1.54, 1.807) is 24.3 Å². The molecule has 0 saturated carbocycles. The molecule has 2 aromatic carbocycles. The monoisotopic (exact) mass is 499 g/mol. The topological polar surface area (TPSA) is 155 Å². The number of nitrogens with two attached hydrogens (primary N) is 2. The number of aliphatic carboxylic acids is 1. The highest BCUT2D eigenvalue weighted by Crippen LogP contribution is 2.37. The van der Waals surface area contributed by atoms with Crippen LogP contribution in [0.2, 0.25) is 0 Å². The summed E-state index contributed by atoms with van der Waals surface area (Å²) in [5.74, 6) is -1.77. The minimum atomic E-state index is -4.75. The summed E-state index contributed by atoms with van der Waals surface area (Å²) < 4.78 is 48.4. The quantitative estimate of drug-likeness (QED) is 0.332. The van der Waals surface area contributed by atoms with E-state index < -0.39 is 24.3 Å². The van der Waals surface area contributed by atoms with Crippen LogP contribution in [0.15, 0.2) is 67.3 Å². The van der Waals surface area contributed by atoms with Crippen molar-refractivity contribution in [2.75, 3.05) is 5.73 Å². The predicted octanol–water partition coefficient (Wildman–Crippen LogP) is 2.94. The molecule has 0 bridgehead atoms. The van der Waals surface area contributed by atoms with Gasteiger partial charge in [-0.15, -0.1) is 0 Å². The zero-order valence-corrected chi connectivity index (χ0v) is 18.5. The first-order valence-electron chi connectivity index (χ1n) is 10.5. The summed E-state index contributed by atoms with van der Waals surface area (Å²) in [6, 6.07) is 12.2. The summed E-state index contributed by atoms with van der Waals surface area (Å²) in [5, 5.41) is 12.9. The number of nitrogen functional groups attached to an aromatic ring is 1. The third-order valence-corrected chi connectivity index (χ3v) is 5.16. The molecule has 0 aliphatic rings. The SMILES string of the molecule is Nc1nc(OC(c2ccc(-n3cncn3)cc2)C(F)(F)F)cc(-c2ccc(C[C@H](N)C(=O)O)cc2)n1. The van der Waals surface area contributed by atoms with E-state index in [-0.39, 0.29) is 29.5 Å². The summed E-state index contributed by atoms with van der Waals surface area (Å²) in [5.41, 5.74) is 13.1. The maximum Gasteiger partial charge on any atom is 0.429 e. The summed E-state index contributed by atoms with van der Waals surface area (Å²) >= 11 is 0. The molecule has 10 nitrogen and oxygen atoms in total. The van der Waals surface area contributed by atoms with Gasteiger partial charge in [0.15, 0.2) is 0 Å². The van der Waals surface area contributed by atoms with Crippen molar-refractivity contribution in [3.05, 3.63) is 78.4 Å². The highest BCUT2D eigenvalue weighted by atomic mass is 19.4. The second-order valence-electron chi connectivity index (χ2n) is 7.77. The van der Waals surface area contributed by atoms with Gasteiger partial charge in [-0.25, -0.2) is 14.6 Å². The van der Waals surface area contributed by atoms with E-state index in [0.717, 1.165) is 0 Å². The number of rotatable bonds is 8. The summed E-state index contributed by atoms with van der Waals surface area (Å²) in [7, 11) is 0. The molecule has 2 aromatic heterocycles. The lowest BCUT2D eigenvalue weighted by Gasteiger charge is -2.22. The molecule has 2 heterocycles. The van der Waals surface area contributed by atoms with E-state index in [9.17, 15) is 18.0 Å². The lowest BCUT2D eigenvalue weighted by Crippen LogP contribution is -2.32. The molecule has 1 unspecified atom stereocenters. The average molecular weight is 499 g/mol. The van der Waals surface area contributed by atoms with Gasteiger partial charge in [-0.05, 0) is 24.1 Å². The van der Waals surface area contributed by atoms with Crippen molar-refractivity contribution in [1.82, 2.24) is 24.7 Å². The van der Waals surface area contributed by atoms with Crippen LogP contribution in [0.4, 0.5) is 19.1 Å². The molecule has 5 N–H and O–H groups in total. The summed E-state index contributed by atoms with van der Waals surface area (Å²) in [4.78, 5) is 22.6. The molecule has 0 amide bonds. The normalized spacial score (nSPS) is 13.2. The Hall–Kier alpha value is -4.52. The summed E-state index contributed by atoms with van der Waals surface area (Å²) in [6.07, 6.45) is -4.22. The fourth-order valence-corrected chi connectivity index (χ4v) is 3.39. The number of alkyl halides is 3. The molecule has 0 radical (unpaired) electrons. The first kappa shape index (κ1) is 24.6. The van der Waals surface area contributed by atoms with Gasteiger partial charge in [0.1, 0.15) is 18.7 Å². The zero-order valence-electron chi connectivity index (χ0n) is 18.5. The minimum Gasteiger partial charge on any atom is -0.480 e. The maximum atomic E-state index is 13.9. The molecular formula is C23H20F3N7O3. The Morgan fingerprint density at radius 1 is 1.08 bits per heavy atom. The molecule has 0 spiro atoms. The number of hydrogen-bond donors (Lipinski definition) is 3. The third kappa shape index (κ3) is 5.75. The standard InChI is InChI=1S/C23H20F3N7O3/c24-23(25,26)20(15-5-7-16(8-6-15)33-12-29-11-30-33)36-19-10-18(31-22(28)32-19)14-3-1-13(2-4-14)9-17(27)21(34)35/h1-8,10-12,17,20H,9,27H2,(H,34,35)(H2,28,31,32)/t17-,20?/m0/s1. The van der Waals surface area contributed by atoms with Gasteiger partial charge < -0.3 is 21.3 Å². The molecule has 36 heavy (non-hydrogen) atoms. The molecule has 0 fully saturated rings. The predicted molar refractivity (Wildman–Crippen MR) is 122 cm³/mol. The number of benzene rings is 2. The Kier molecular flexibility index (Phi) is 6.83. The van der Waals surface area contributed by atoms with Gasteiger partial charge in [-0.3, -0.25) is 4.79 Å². The van der Waals surface area contributed by atoms with Crippen LogP contribution in [-0.4, -0.2) is 48.0 Å². The number of anilines is 1. The van der Waals surface area contributed by atoms with Crippen molar-refractivity contribution >= 4 is 11.9 Å². The van der Waals surface area contributed by atoms with Crippen LogP contribution in [0.3, 0.4) is 0 Å². The highest BCUT2D eigenvalue weighted by molar-refractivity contribution is 5.73. The van der Waals surface area contributed by atoms with E-state index in [0.29, 0.717) is 16.8 Å². The van der Waals surface area contributed by atoms with Gasteiger partial charge in [0.2, 0.25) is 17.9 Å². The Balaban J connectivity index is 1.58. The number of ether oxygens (including phenoxy) is 1. The first-order chi connectivity index (χ1) is 17.1. The van der Waals surface area contributed by atoms with Crippen molar-refractivity contribution in [3.8, 4) is 22.8 Å². The minimum absolute atomic E-state index is 0.110. The number of halogens is 3. The zero-order chi connectivity index (χ0) is 25.9. The molecule has 0 saturated heterocycles. The molecule has 186 valence electrons. The van der Waals surface area contributed by atoms with E-state index in [4.69, 9.17) is 21.3 Å². The fourth-order valence-electron chi connectivity index (χ4n) is 3.39. The van der Waals surface area contributed by atoms with Crippen molar-refractivity contribution in [3.63, 3.8) is 0 Å². The number of nitrogens with zero attached hydrogens (tertiary/aromatic N) is 5. The smallest absolute Gasteiger partial charge is 0.429 e. The number of carboxylic acid groups (broad SMARTS) is 1. The van der Waals surface area contributed by atoms with Crippen molar-refractivity contribution in [2.24, 2.45) is 5.73 Å². The van der Waals surface area contributed by atoms with Crippen LogP contribution in [0.1, 0.15) is 17.2 Å². The second kappa shape index (κ2) is 10.00. The maximum absolute atomic E-state index is 13.9. The Bertz CT molecular complexity index is 1330. The molecular weight excluding hydrogens is 479 g/mol. The fraction of sp³-hybridized carbons (Fsp3) is 0.174. The molecule has 13 heteroatoms. The number of aromatic nitrogens is 5. The van der Waals surface area contributed by atoms with Gasteiger partial charge in [-0.1, -0.05) is 36.4 Å². The van der Waals surface area contributed by atoms with Gasteiger partial charge in [-0.2, -0.15) is 23.3 Å². The van der Waals surface area contributed by atoms with Crippen molar-refractivity contribution < 1.29 is 27.8 Å². The van der Waals surface area contributed by atoms with Crippen molar-refractivity contribution in [1.29, 1.82) is 0 Å². The number of hydrogen-bond acceptors (Lipinski definition) is 8. The number of carboxylic acids is 1. The van der Waals surface area contributed by atoms with Crippen LogP contribution < -0.4 is 16.2 Å². The number of carbonyl (C=O) groups is 1.